The fraction of sp³-hybridized carbons (Fsp3) is 0.118. The Kier molecular flexibility index (Phi) is 4.70. The molecule has 0 spiro atoms. The topological polar surface area (TPSA) is 55.1 Å². The van der Waals surface area contributed by atoms with Crippen LogP contribution in [0.1, 0.15) is 21.5 Å². The van der Waals surface area contributed by atoms with Crippen LogP contribution in [0.15, 0.2) is 42.5 Å². The summed E-state index contributed by atoms with van der Waals surface area (Å²) in [6.45, 7) is 2.16. The predicted octanol–water partition coefficient (Wildman–Crippen LogP) is 2.70. The first kappa shape index (κ1) is 14.8. The van der Waals surface area contributed by atoms with E-state index in [0.29, 0.717) is 11.3 Å². The van der Waals surface area contributed by atoms with E-state index in [-0.39, 0.29) is 12.1 Å². The Bertz CT molecular complexity index is 712. The first-order valence-corrected chi connectivity index (χ1v) is 6.46. The predicted molar refractivity (Wildman–Crippen MR) is 81.5 cm³/mol. The van der Waals surface area contributed by atoms with E-state index in [1.54, 1.807) is 18.2 Å². The molecule has 2 rings (SSSR count). The first-order valence-electron chi connectivity index (χ1n) is 6.46. The number of carbonyl (C=O) groups excluding carboxylic acids is 1. The molecule has 1 amide bonds. The molecule has 2 aromatic rings. The van der Waals surface area contributed by atoms with E-state index in [4.69, 9.17) is 5.73 Å². The van der Waals surface area contributed by atoms with E-state index in [2.05, 4.69) is 17.2 Å². The summed E-state index contributed by atoms with van der Waals surface area (Å²) in [7, 11) is 0. The zero-order chi connectivity index (χ0) is 15.2. The van der Waals surface area contributed by atoms with Crippen molar-refractivity contribution in [3.05, 3.63) is 65.0 Å². The molecule has 2 aromatic carbocycles. The largest absolute Gasteiger partial charge is 0.322 e. The third-order valence-corrected chi connectivity index (χ3v) is 2.86. The molecule has 106 valence electrons. The van der Waals surface area contributed by atoms with Crippen molar-refractivity contribution in [3.63, 3.8) is 0 Å². The number of amides is 1. The lowest BCUT2D eigenvalue weighted by atomic mass is 10.1. The fourth-order valence-corrected chi connectivity index (χ4v) is 1.77. The van der Waals surface area contributed by atoms with Gasteiger partial charge in [0.05, 0.1) is 12.1 Å². The van der Waals surface area contributed by atoms with E-state index in [0.717, 1.165) is 5.56 Å². The summed E-state index contributed by atoms with van der Waals surface area (Å²) in [6, 6.07) is 11.5. The molecule has 0 saturated heterocycles. The van der Waals surface area contributed by atoms with Crippen LogP contribution in [0.4, 0.5) is 10.1 Å². The number of halogens is 1. The average Bonchev–Trinajstić information content (AvgIpc) is 2.47. The van der Waals surface area contributed by atoms with Gasteiger partial charge in [0.1, 0.15) is 5.82 Å². The molecule has 0 radical (unpaired) electrons. The number of hydrogen-bond acceptors (Lipinski definition) is 2. The summed E-state index contributed by atoms with van der Waals surface area (Å²) in [6.07, 6.45) is 0. The van der Waals surface area contributed by atoms with Crippen molar-refractivity contribution in [1.29, 1.82) is 0 Å². The molecular formula is C17H15FN2O. The van der Waals surface area contributed by atoms with Gasteiger partial charge in [-0.25, -0.2) is 4.39 Å². The monoisotopic (exact) mass is 282 g/mol. The number of benzene rings is 2. The Morgan fingerprint density at radius 1 is 1.24 bits per heavy atom. The smallest absolute Gasteiger partial charge is 0.258 e. The van der Waals surface area contributed by atoms with Crippen LogP contribution in [0.25, 0.3) is 0 Å². The third kappa shape index (κ3) is 3.91. The zero-order valence-electron chi connectivity index (χ0n) is 11.6. The van der Waals surface area contributed by atoms with Crippen molar-refractivity contribution in [3.8, 4) is 11.8 Å². The third-order valence-electron chi connectivity index (χ3n) is 2.86. The highest BCUT2D eigenvalue weighted by atomic mass is 19.1. The number of carbonyl (C=O) groups is 1. The first-order chi connectivity index (χ1) is 10.1. The SMILES string of the molecule is Cc1ccc(NC(=O)c2ccc(C#CCN)cc2F)cc1. The van der Waals surface area contributed by atoms with Crippen molar-refractivity contribution < 1.29 is 9.18 Å². The van der Waals surface area contributed by atoms with Gasteiger partial charge in [-0.15, -0.1) is 0 Å². The second-order valence-electron chi connectivity index (χ2n) is 4.52. The van der Waals surface area contributed by atoms with Gasteiger partial charge in [0.15, 0.2) is 0 Å². The number of nitrogens with one attached hydrogen (secondary N) is 1. The minimum atomic E-state index is -0.608. The second kappa shape index (κ2) is 6.69. The second-order valence-corrected chi connectivity index (χ2v) is 4.52. The van der Waals surface area contributed by atoms with Gasteiger partial charge >= 0.3 is 0 Å². The number of hydrogen-bond donors (Lipinski definition) is 2. The van der Waals surface area contributed by atoms with Gasteiger partial charge in [-0.2, -0.15) is 0 Å². The van der Waals surface area contributed by atoms with Gasteiger partial charge in [-0.05, 0) is 37.3 Å². The van der Waals surface area contributed by atoms with Crippen LogP contribution in [0.2, 0.25) is 0 Å². The normalized spacial score (nSPS) is 9.67. The van der Waals surface area contributed by atoms with Crippen molar-refractivity contribution in [2.24, 2.45) is 5.73 Å². The van der Waals surface area contributed by atoms with Crippen molar-refractivity contribution >= 4 is 11.6 Å². The van der Waals surface area contributed by atoms with E-state index >= 15 is 0 Å². The Morgan fingerprint density at radius 2 is 1.95 bits per heavy atom. The quantitative estimate of drug-likeness (QED) is 0.832. The van der Waals surface area contributed by atoms with Crippen LogP contribution in [0.5, 0.6) is 0 Å². The van der Waals surface area contributed by atoms with E-state index in [1.165, 1.54) is 12.1 Å². The van der Waals surface area contributed by atoms with Crippen molar-refractivity contribution in [2.45, 2.75) is 6.92 Å². The minimum absolute atomic E-state index is 0.0196. The molecular weight excluding hydrogens is 267 g/mol. The molecule has 0 unspecified atom stereocenters. The Balaban J connectivity index is 2.17. The number of anilines is 1. The standard InChI is InChI=1S/C17H15FN2O/c1-12-4-7-14(8-5-12)20-17(21)15-9-6-13(3-2-10-19)11-16(15)18/h4-9,11H,10,19H2,1H3,(H,20,21). The highest BCUT2D eigenvalue weighted by molar-refractivity contribution is 6.04. The maximum Gasteiger partial charge on any atom is 0.258 e. The van der Waals surface area contributed by atoms with Gasteiger partial charge in [-0.1, -0.05) is 29.5 Å². The fourth-order valence-electron chi connectivity index (χ4n) is 1.77. The highest BCUT2D eigenvalue weighted by Crippen LogP contribution is 2.14. The van der Waals surface area contributed by atoms with Crippen LogP contribution in [0.3, 0.4) is 0 Å². The minimum Gasteiger partial charge on any atom is -0.322 e. The molecule has 0 aliphatic heterocycles. The molecule has 0 aliphatic carbocycles. The van der Waals surface area contributed by atoms with Gasteiger partial charge in [0, 0.05) is 11.3 Å². The van der Waals surface area contributed by atoms with E-state index < -0.39 is 11.7 Å². The maximum absolute atomic E-state index is 13.9. The van der Waals surface area contributed by atoms with Crippen LogP contribution in [-0.2, 0) is 0 Å². The summed E-state index contributed by atoms with van der Waals surface area (Å²) < 4.78 is 13.9. The lowest BCUT2D eigenvalue weighted by molar-refractivity contribution is 0.102. The Morgan fingerprint density at radius 3 is 2.57 bits per heavy atom. The number of nitrogens with two attached hydrogens (primary N) is 1. The van der Waals surface area contributed by atoms with Crippen molar-refractivity contribution in [1.82, 2.24) is 0 Å². The van der Waals surface area contributed by atoms with Crippen LogP contribution >= 0.6 is 0 Å². The molecule has 3 N–H and O–H groups in total. The Hall–Kier alpha value is -2.64. The molecule has 0 heterocycles. The lowest BCUT2D eigenvalue weighted by Crippen LogP contribution is -2.13. The summed E-state index contributed by atoms with van der Waals surface area (Å²) >= 11 is 0. The summed E-state index contributed by atoms with van der Waals surface area (Å²) in [5.74, 6) is 4.26. The van der Waals surface area contributed by atoms with Crippen molar-refractivity contribution in [2.75, 3.05) is 11.9 Å². The molecule has 0 atom stereocenters. The molecule has 0 aliphatic rings. The number of aryl methyl sites for hydroxylation is 1. The van der Waals surface area contributed by atoms with Crippen LogP contribution < -0.4 is 11.1 Å². The van der Waals surface area contributed by atoms with E-state index in [9.17, 15) is 9.18 Å². The Labute approximate surface area is 123 Å². The van der Waals surface area contributed by atoms with Crippen LogP contribution in [-0.4, -0.2) is 12.5 Å². The van der Waals surface area contributed by atoms with Gasteiger partial charge in [-0.3, -0.25) is 4.79 Å². The maximum atomic E-state index is 13.9. The molecule has 0 fully saturated rings. The average molecular weight is 282 g/mol. The summed E-state index contributed by atoms with van der Waals surface area (Å²) in [5.41, 5.74) is 7.44. The molecule has 21 heavy (non-hydrogen) atoms. The molecule has 0 bridgehead atoms. The molecule has 0 saturated carbocycles. The summed E-state index contributed by atoms with van der Waals surface area (Å²) in [5, 5.41) is 2.65. The number of rotatable bonds is 2. The molecule has 0 aromatic heterocycles. The molecule has 4 heteroatoms. The van der Waals surface area contributed by atoms with E-state index in [1.807, 2.05) is 19.1 Å². The molecule has 3 nitrogen and oxygen atoms in total. The van der Waals surface area contributed by atoms with Gasteiger partial charge in [0.2, 0.25) is 0 Å². The van der Waals surface area contributed by atoms with Gasteiger partial charge < -0.3 is 11.1 Å². The van der Waals surface area contributed by atoms with Crippen LogP contribution in [0, 0.1) is 24.6 Å². The van der Waals surface area contributed by atoms with Gasteiger partial charge in [0.25, 0.3) is 5.91 Å². The summed E-state index contributed by atoms with van der Waals surface area (Å²) in [4.78, 5) is 12.0. The lowest BCUT2D eigenvalue weighted by Gasteiger charge is -2.06. The zero-order valence-corrected chi connectivity index (χ0v) is 11.6. The highest BCUT2D eigenvalue weighted by Gasteiger charge is 2.12.